The van der Waals surface area contributed by atoms with Crippen LogP contribution in [0.15, 0.2) is 79.5 Å². The first-order valence-corrected chi connectivity index (χ1v) is 19.6. The van der Waals surface area contributed by atoms with Gasteiger partial charge in [0.2, 0.25) is 17.7 Å². The van der Waals surface area contributed by atoms with E-state index in [1.165, 1.54) is 23.2 Å². The molecule has 2 aliphatic heterocycles. The van der Waals surface area contributed by atoms with Gasteiger partial charge in [-0.25, -0.2) is 14.8 Å². The van der Waals surface area contributed by atoms with E-state index in [0.29, 0.717) is 24.3 Å². The molecule has 0 aliphatic carbocycles. The lowest BCUT2D eigenvalue weighted by atomic mass is 9.98. The zero-order chi connectivity index (χ0) is 39.8. The maximum atomic E-state index is 13.6. The number of anilines is 1. The fourth-order valence-corrected chi connectivity index (χ4v) is 7.96. The number of nitrogens with zero attached hydrogens (tertiary/aromatic N) is 5. The van der Waals surface area contributed by atoms with Gasteiger partial charge in [0.15, 0.2) is 10.8 Å². The van der Waals surface area contributed by atoms with Gasteiger partial charge in [-0.1, -0.05) is 79.8 Å². The highest BCUT2D eigenvalue weighted by Crippen LogP contribution is 2.31. The van der Waals surface area contributed by atoms with E-state index >= 15 is 0 Å². The Morgan fingerprint density at radius 2 is 1.57 bits per heavy atom. The normalized spacial score (nSPS) is 16.5. The Morgan fingerprint density at radius 1 is 0.875 bits per heavy atom. The summed E-state index contributed by atoms with van der Waals surface area (Å²) in [5, 5.41) is 17.3. The van der Waals surface area contributed by atoms with Gasteiger partial charge in [-0.2, -0.15) is 0 Å². The molecule has 294 valence electrons. The van der Waals surface area contributed by atoms with E-state index in [1.54, 1.807) is 49.1 Å². The lowest BCUT2D eigenvalue weighted by Crippen LogP contribution is -2.53. The number of likely N-dealkylation sites (tertiary alicyclic amines) is 2. The highest BCUT2D eigenvalue weighted by molar-refractivity contribution is 7.20. The van der Waals surface area contributed by atoms with Crippen molar-refractivity contribution in [2.75, 3.05) is 25.0 Å². The van der Waals surface area contributed by atoms with Gasteiger partial charge in [0, 0.05) is 32.8 Å². The monoisotopic (exact) mass is 781 g/mol. The Balaban J connectivity index is 0.000000299. The highest BCUT2D eigenvalue weighted by atomic mass is 32.1. The van der Waals surface area contributed by atoms with Gasteiger partial charge in [0.25, 0.3) is 5.91 Å². The van der Waals surface area contributed by atoms with Crippen molar-refractivity contribution in [1.29, 1.82) is 0 Å². The number of nitrogens with one attached hydrogen (secondary N) is 4. The lowest BCUT2D eigenvalue weighted by Gasteiger charge is -2.36. The second-order valence-corrected chi connectivity index (χ2v) is 15.2. The summed E-state index contributed by atoms with van der Waals surface area (Å²) in [6.45, 7) is 7.39. The summed E-state index contributed by atoms with van der Waals surface area (Å²) < 4.78 is 1.87. The van der Waals surface area contributed by atoms with Gasteiger partial charge in [-0.15, -0.1) is 0 Å². The van der Waals surface area contributed by atoms with E-state index in [2.05, 4.69) is 30.9 Å². The fraction of sp³-hybridized carbons (Fsp3) is 0.375. The molecule has 3 aromatic heterocycles. The zero-order valence-corrected chi connectivity index (χ0v) is 32.4. The van der Waals surface area contributed by atoms with Gasteiger partial charge in [-0.3, -0.25) is 23.6 Å². The molecule has 56 heavy (non-hydrogen) atoms. The van der Waals surface area contributed by atoms with Crippen molar-refractivity contribution in [3.63, 3.8) is 0 Å². The molecule has 15 nitrogen and oxygen atoms in total. The van der Waals surface area contributed by atoms with Crippen LogP contribution in [0.3, 0.4) is 0 Å². The Bertz CT molecular complexity index is 2090. The quantitative estimate of drug-likeness (QED) is 0.122. The number of imidazole rings is 2. The second-order valence-electron chi connectivity index (χ2n) is 14.2. The number of carbonyl (C=O) groups is 5. The van der Waals surface area contributed by atoms with Crippen LogP contribution in [0, 0.1) is 5.92 Å². The van der Waals surface area contributed by atoms with Crippen molar-refractivity contribution in [3.8, 4) is 21.7 Å². The topological polar surface area (TPSA) is 194 Å². The van der Waals surface area contributed by atoms with Crippen LogP contribution in [-0.4, -0.2) is 95.7 Å². The Labute approximate surface area is 328 Å². The Hall–Kier alpha value is -6.03. The number of aromatic nitrogens is 4. The Morgan fingerprint density at radius 3 is 2.20 bits per heavy atom. The Kier molecular flexibility index (Phi) is 12.8. The molecule has 5 amide bonds. The van der Waals surface area contributed by atoms with Crippen molar-refractivity contribution in [2.45, 2.75) is 71.0 Å². The third kappa shape index (κ3) is 9.60. The molecule has 0 bridgehead atoms. The zero-order valence-electron chi connectivity index (χ0n) is 31.6. The number of H-pyrrole nitrogens is 1. The third-order valence-electron chi connectivity index (χ3n) is 9.83. The SMILES string of the molecule is CC(=O)NC(C(=O)N1CCCC1)C(C)C.O=C(O)N[C@@H](C(=O)N1CCCC[C@H]1C(=O)Nc1cn2cc(-c3ccc(-c4cnc[nH]4)cc3)sc2n1)c1ccccc1. The molecule has 2 aliphatic rings. The maximum Gasteiger partial charge on any atom is 0.405 e. The average molecular weight is 782 g/mol. The number of aromatic amines is 1. The summed E-state index contributed by atoms with van der Waals surface area (Å²) in [5.74, 6) is -0.336. The molecular weight excluding hydrogens is 735 g/mol. The predicted octanol–water partition coefficient (Wildman–Crippen LogP) is 5.55. The molecule has 0 saturated carbocycles. The van der Waals surface area contributed by atoms with E-state index in [0.717, 1.165) is 65.4 Å². The molecule has 0 spiro atoms. The molecule has 3 atom stereocenters. The van der Waals surface area contributed by atoms with Gasteiger partial charge < -0.3 is 35.8 Å². The number of carboxylic acid groups (broad SMARTS) is 1. The van der Waals surface area contributed by atoms with Crippen LogP contribution in [0.2, 0.25) is 0 Å². The van der Waals surface area contributed by atoms with Crippen molar-refractivity contribution < 1.29 is 29.1 Å². The molecule has 7 rings (SSSR count). The first kappa shape index (κ1) is 39.7. The number of thiazole rings is 1. The second kappa shape index (κ2) is 18.1. The summed E-state index contributed by atoms with van der Waals surface area (Å²) in [7, 11) is 0. The minimum atomic E-state index is -1.31. The van der Waals surface area contributed by atoms with E-state index in [-0.39, 0.29) is 29.7 Å². The maximum absolute atomic E-state index is 13.6. The molecular formula is C40H47N9O6S. The van der Waals surface area contributed by atoms with Crippen LogP contribution < -0.4 is 16.0 Å². The number of fused-ring (bicyclic) bond motifs is 1. The van der Waals surface area contributed by atoms with E-state index in [4.69, 9.17) is 0 Å². The van der Waals surface area contributed by atoms with Gasteiger partial charge in [0.1, 0.15) is 18.1 Å². The fourth-order valence-electron chi connectivity index (χ4n) is 6.98. The summed E-state index contributed by atoms with van der Waals surface area (Å²) in [6.07, 6.45) is 9.99. The van der Waals surface area contributed by atoms with Crippen LogP contribution in [0.25, 0.3) is 26.7 Å². The minimum Gasteiger partial charge on any atom is -0.465 e. The van der Waals surface area contributed by atoms with Crippen molar-refractivity contribution in [2.24, 2.45) is 5.92 Å². The molecule has 5 aromatic rings. The average Bonchev–Trinajstić information content (AvgIpc) is 4.03. The summed E-state index contributed by atoms with van der Waals surface area (Å²) in [6, 6.07) is 14.6. The molecule has 1 unspecified atom stereocenters. The predicted molar refractivity (Wildman–Crippen MR) is 213 cm³/mol. The first-order valence-electron chi connectivity index (χ1n) is 18.8. The van der Waals surface area contributed by atoms with E-state index in [1.807, 2.05) is 53.6 Å². The van der Waals surface area contributed by atoms with Crippen molar-refractivity contribution in [1.82, 2.24) is 39.8 Å². The molecule has 5 N–H and O–H groups in total. The first-order chi connectivity index (χ1) is 27.0. The third-order valence-corrected chi connectivity index (χ3v) is 10.9. The van der Waals surface area contributed by atoms with Crippen LogP contribution in [0.1, 0.15) is 64.5 Å². The molecule has 0 radical (unpaired) electrons. The largest absolute Gasteiger partial charge is 0.465 e. The standard InChI is InChI=1S/C29H27N7O4S.C11H20N2O2/c37-26(22-8-4-5-13-36(22)27(38)25(34-29(39)40)20-6-2-1-3-7-20)32-24-16-35-15-23(41-28(35)33-24)19-11-9-18(10-12-19)21-14-30-17-31-21;1-8(2)10(12-9(3)14)11(15)13-6-4-5-7-13/h1-3,6-7,9-12,14-17,22,25,34H,4-5,8,13H2,(H,30,31)(H,32,37)(H,39,40);8,10H,4-7H2,1-3H3,(H,12,14)/t22-,25+;/m0./s1. The summed E-state index contributed by atoms with van der Waals surface area (Å²) in [5.41, 5.74) is 3.56. The number of hydrogen-bond donors (Lipinski definition) is 5. The molecule has 5 heterocycles. The van der Waals surface area contributed by atoms with Gasteiger partial charge in [-0.05, 0) is 54.7 Å². The number of hydrogen-bond acceptors (Lipinski definition) is 8. The van der Waals surface area contributed by atoms with Crippen molar-refractivity contribution >= 4 is 51.8 Å². The number of carbonyl (C=O) groups excluding carboxylic acids is 4. The molecule has 16 heteroatoms. The molecule has 2 saturated heterocycles. The van der Waals surface area contributed by atoms with Crippen molar-refractivity contribution in [3.05, 3.63) is 85.1 Å². The summed E-state index contributed by atoms with van der Waals surface area (Å²) in [4.78, 5) is 78.3. The number of amides is 5. The van der Waals surface area contributed by atoms with E-state index < -0.39 is 24.1 Å². The van der Waals surface area contributed by atoms with E-state index in [9.17, 15) is 29.1 Å². The number of rotatable bonds is 10. The number of benzene rings is 2. The minimum absolute atomic E-state index is 0.0673. The lowest BCUT2D eigenvalue weighted by molar-refractivity contribution is -0.142. The smallest absolute Gasteiger partial charge is 0.405 e. The van der Waals surface area contributed by atoms with Crippen LogP contribution >= 0.6 is 11.3 Å². The van der Waals surface area contributed by atoms with Gasteiger partial charge >= 0.3 is 6.09 Å². The van der Waals surface area contributed by atoms with Crippen LogP contribution in [-0.2, 0) is 19.2 Å². The van der Waals surface area contributed by atoms with Crippen LogP contribution in [0.4, 0.5) is 10.6 Å². The van der Waals surface area contributed by atoms with Gasteiger partial charge in [0.05, 0.1) is 29.3 Å². The molecule has 2 aromatic carbocycles. The number of piperidine rings is 1. The highest BCUT2D eigenvalue weighted by Gasteiger charge is 2.37. The summed E-state index contributed by atoms with van der Waals surface area (Å²) >= 11 is 1.50. The molecule has 2 fully saturated rings. The van der Waals surface area contributed by atoms with Crippen LogP contribution in [0.5, 0.6) is 0 Å².